The van der Waals surface area contributed by atoms with Crippen LogP contribution in [0.15, 0.2) is 53.1 Å². The van der Waals surface area contributed by atoms with Crippen LogP contribution < -0.4 is 10.2 Å². The number of ketones is 1. The first-order valence-electron chi connectivity index (χ1n) is 11.4. The molecule has 1 aliphatic carbocycles. The molecule has 0 saturated carbocycles. The maximum atomic E-state index is 13.8. The number of carbonyl (C=O) groups is 1. The Kier molecular flexibility index (Phi) is 4.52. The van der Waals surface area contributed by atoms with Crippen molar-refractivity contribution in [3.63, 3.8) is 0 Å². The van der Waals surface area contributed by atoms with Gasteiger partial charge in [-0.1, -0.05) is 41.6 Å². The number of likely N-dealkylation sites (N-methyl/N-ethyl adjacent to an activating group) is 1. The zero-order chi connectivity index (χ0) is 22.7. The fourth-order valence-corrected chi connectivity index (χ4v) is 4.94. The molecule has 0 radical (unpaired) electrons. The van der Waals surface area contributed by atoms with Crippen molar-refractivity contribution in [1.82, 2.24) is 10.1 Å². The normalized spacial score (nSPS) is 15.7. The third kappa shape index (κ3) is 3.13. The van der Waals surface area contributed by atoms with Gasteiger partial charge in [0.15, 0.2) is 11.5 Å². The molecule has 0 unspecified atom stereocenters. The Morgan fingerprint density at radius 3 is 2.48 bits per heavy atom. The van der Waals surface area contributed by atoms with E-state index in [-0.39, 0.29) is 5.78 Å². The minimum atomic E-state index is 0.00373. The Morgan fingerprint density at radius 2 is 1.70 bits per heavy atom. The first-order chi connectivity index (χ1) is 16.0. The Morgan fingerprint density at radius 1 is 0.939 bits per heavy atom. The van der Waals surface area contributed by atoms with E-state index in [1.165, 1.54) is 5.56 Å². The molecule has 166 valence electrons. The average Bonchev–Trinajstić information content (AvgIpc) is 3.26. The van der Waals surface area contributed by atoms with Crippen LogP contribution in [0.3, 0.4) is 0 Å². The van der Waals surface area contributed by atoms with E-state index in [2.05, 4.69) is 65.4 Å². The van der Waals surface area contributed by atoms with Crippen molar-refractivity contribution >= 4 is 33.7 Å². The fraction of sp³-hybridized carbons (Fsp3) is 0.259. The number of nitrogens with zero attached hydrogens (tertiary/aromatic N) is 3. The molecule has 3 aromatic carbocycles. The molecule has 2 aliphatic rings. The summed E-state index contributed by atoms with van der Waals surface area (Å²) in [5.41, 5.74) is 7.97. The lowest BCUT2D eigenvalue weighted by molar-refractivity contribution is 0.104. The number of hydrogen-bond acceptors (Lipinski definition) is 6. The number of aryl methyl sites for hydroxylation is 2. The van der Waals surface area contributed by atoms with Crippen LogP contribution in [0, 0.1) is 13.8 Å². The molecule has 6 rings (SSSR count). The predicted molar refractivity (Wildman–Crippen MR) is 132 cm³/mol. The highest BCUT2D eigenvalue weighted by Gasteiger charge is 2.34. The predicted octanol–water partition coefficient (Wildman–Crippen LogP) is 5.15. The van der Waals surface area contributed by atoms with Gasteiger partial charge in [-0.05, 0) is 44.2 Å². The fourth-order valence-electron chi connectivity index (χ4n) is 4.94. The zero-order valence-electron chi connectivity index (χ0n) is 19.1. The van der Waals surface area contributed by atoms with Gasteiger partial charge in [-0.3, -0.25) is 4.79 Å². The van der Waals surface area contributed by atoms with Crippen molar-refractivity contribution in [2.75, 3.05) is 43.4 Å². The van der Waals surface area contributed by atoms with Gasteiger partial charge in [0.2, 0.25) is 0 Å². The summed E-state index contributed by atoms with van der Waals surface area (Å²) in [6.45, 7) is 7.92. The molecule has 1 fully saturated rings. The van der Waals surface area contributed by atoms with E-state index in [9.17, 15) is 4.79 Å². The van der Waals surface area contributed by atoms with Gasteiger partial charge in [-0.25, -0.2) is 0 Å². The molecule has 2 heterocycles. The monoisotopic (exact) mass is 438 g/mol. The van der Waals surface area contributed by atoms with Crippen molar-refractivity contribution in [2.45, 2.75) is 13.8 Å². The molecular formula is C27H26N4O2. The van der Waals surface area contributed by atoms with Crippen molar-refractivity contribution in [2.24, 2.45) is 0 Å². The molecular weight excluding hydrogens is 412 g/mol. The van der Waals surface area contributed by atoms with Gasteiger partial charge >= 0.3 is 0 Å². The molecule has 1 saturated heterocycles. The van der Waals surface area contributed by atoms with Crippen LogP contribution in [0.25, 0.3) is 22.2 Å². The standard InChI is InChI=1S/C27H26N4O2/c1-16-8-9-17(2)20(14-16)28-21-15-22(31-12-10-30(3)11-13-31)25-24-23(21)26(32)18-6-4-5-7-19(18)27(24)33-29-25/h4-9,14-15,28H,10-13H2,1-3H3. The maximum absolute atomic E-state index is 13.8. The summed E-state index contributed by atoms with van der Waals surface area (Å²) in [5, 5.41) is 8.89. The smallest absolute Gasteiger partial charge is 0.196 e. The van der Waals surface area contributed by atoms with Gasteiger partial charge in [0, 0.05) is 43.0 Å². The summed E-state index contributed by atoms with van der Waals surface area (Å²) >= 11 is 0. The second-order valence-corrected chi connectivity index (χ2v) is 9.16. The van der Waals surface area contributed by atoms with Gasteiger partial charge < -0.3 is 19.6 Å². The summed E-state index contributed by atoms with van der Waals surface area (Å²) < 4.78 is 5.90. The largest absolute Gasteiger partial charge is 0.367 e. The van der Waals surface area contributed by atoms with Gasteiger partial charge in [0.1, 0.15) is 5.52 Å². The highest BCUT2D eigenvalue weighted by atomic mass is 16.5. The molecule has 0 atom stereocenters. The van der Waals surface area contributed by atoms with Crippen LogP contribution in [-0.4, -0.2) is 49.1 Å². The van der Waals surface area contributed by atoms with E-state index in [1.807, 2.05) is 24.3 Å². The van der Waals surface area contributed by atoms with Crippen LogP contribution in [0.4, 0.5) is 17.1 Å². The van der Waals surface area contributed by atoms with E-state index in [4.69, 9.17) is 4.52 Å². The lowest BCUT2D eigenvalue weighted by atomic mass is 9.86. The van der Waals surface area contributed by atoms with Crippen molar-refractivity contribution in [1.29, 1.82) is 0 Å². The Balaban J connectivity index is 1.60. The summed E-state index contributed by atoms with van der Waals surface area (Å²) in [7, 11) is 2.14. The van der Waals surface area contributed by atoms with E-state index >= 15 is 0 Å². The van der Waals surface area contributed by atoms with Crippen LogP contribution in [-0.2, 0) is 0 Å². The van der Waals surface area contributed by atoms with Crippen LogP contribution in [0.5, 0.6) is 0 Å². The van der Waals surface area contributed by atoms with Gasteiger partial charge in [-0.15, -0.1) is 0 Å². The molecule has 33 heavy (non-hydrogen) atoms. The molecule has 1 aliphatic heterocycles. The maximum Gasteiger partial charge on any atom is 0.196 e. The molecule has 0 spiro atoms. The second kappa shape index (κ2) is 7.46. The highest BCUT2D eigenvalue weighted by molar-refractivity contribution is 6.28. The van der Waals surface area contributed by atoms with E-state index in [1.54, 1.807) is 0 Å². The zero-order valence-corrected chi connectivity index (χ0v) is 19.1. The molecule has 6 nitrogen and oxygen atoms in total. The number of hydrogen-bond donors (Lipinski definition) is 1. The van der Waals surface area contributed by atoms with Crippen LogP contribution in [0.2, 0.25) is 0 Å². The van der Waals surface area contributed by atoms with E-state index < -0.39 is 0 Å². The van der Waals surface area contributed by atoms with E-state index in [0.717, 1.165) is 65.3 Å². The molecule has 0 amide bonds. The molecule has 4 aromatic rings. The lowest BCUT2D eigenvalue weighted by Crippen LogP contribution is -2.44. The first kappa shape index (κ1) is 20.0. The first-order valence-corrected chi connectivity index (χ1v) is 11.4. The van der Waals surface area contributed by atoms with Crippen LogP contribution in [0.1, 0.15) is 27.0 Å². The summed E-state index contributed by atoms with van der Waals surface area (Å²) in [5.74, 6) is 0.680. The van der Waals surface area contributed by atoms with Crippen molar-refractivity contribution in [3.8, 4) is 11.3 Å². The number of nitrogens with one attached hydrogen (secondary N) is 1. The summed E-state index contributed by atoms with van der Waals surface area (Å²) in [6, 6.07) is 16.0. The number of piperazine rings is 1. The number of aromatic nitrogens is 1. The van der Waals surface area contributed by atoms with Gasteiger partial charge in [0.25, 0.3) is 0 Å². The van der Waals surface area contributed by atoms with Gasteiger partial charge in [0.05, 0.1) is 22.3 Å². The lowest BCUT2D eigenvalue weighted by Gasteiger charge is -2.34. The summed E-state index contributed by atoms with van der Waals surface area (Å²) in [6.07, 6.45) is 0. The molecule has 0 bridgehead atoms. The Labute approximate surface area is 192 Å². The number of carbonyl (C=O) groups excluding carboxylic acids is 1. The third-order valence-corrected chi connectivity index (χ3v) is 6.88. The molecule has 1 N–H and O–H groups in total. The highest BCUT2D eigenvalue weighted by Crippen LogP contribution is 2.46. The van der Waals surface area contributed by atoms with Crippen molar-refractivity contribution < 1.29 is 9.32 Å². The minimum Gasteiger partial charge on any atom is -0.367 e. The Hall–Kier alpha value is -3.64. The topological polar surface area (TPSA) is 61.6 Å². The number of anilines is 3. The van der Waals surface area contributed by atoms with Crippen LogP contribution >= 0.6 is 0 Å². The number of rotatable bonds is 3. The second-order valence-electron chi connectivity index (χ2n) is 9.16. The third-order valence-electron chi connectivity index (χ3n) is 6.88. The quantitative estimate of drug-likeness (QED) is 0.420. The Bertz CT molecular complexity index is 1410. The minimum absolute atomic E-state index is 0.00373. The number of fused-ring (bicyclic) bond motifs is 2. The molecule has 1 aromatic heterocycles. The van der Waals surface area contributed by atoms with E-state index in [0.29, 0.717) is 16.9 Å². The van der Waals surface area contributed by atoms with Gasteiger partial charge in [-0.2, -0.15) is 0 Å². The molecule has 6 heteroatoms. The number of benzene rings is 3. The average molecular weight is 439 g/mol. The van der Waals surface area contributed by atoms with Crippen molar-refractivity contribution in [3.05, 3.63) is 70.8 Å². The SMILES string of the molecule is Cc1ccc(C)c(Nc2cc(N3CCN(C)CC3)c3noc4c3c2C(=O)c2ccccc2-4)c1. The summed E-state index contributed by atoms with van der Waals surface area (Å²) in [4.78, 5) is 18.4.